The van der Waals surface area contributed by atoms with Crippen LogP contribution in [0, 0.1) is 0 Å². The van der Waals surface area contributed by atoms with Gasteiger partial charge in [0, 0.05) is 28.6 Å². The Labute approximate surface area is 301 Å². The molecule has 49 heavy (non-hydrogen) atoms. The topological polar surface area (TPSA) is 15.3 Å². The van der Waals surface area contributed by atoms with Crippen LogP contribution in [-0.2, 0) is 5.41 Å². The van der Waals surface area contributed by atoms with Gasteiger partial charge in [0.1, 0.15) is 0 Å². The molecule has 0 amide bonds. The van der Waals surface area contributed by atoms with Crippen molar-refractivity contribution in [3.05, 3.63) is 172 Å². The second-order valence-electron chi connectivity index (χ2n) is 16.1. The number of benzene rings is 5. The monoisotopic (exact) mass is 666 g/mol. The van der Waals surface area contributed by atoms with Crippen LogP contribution in [0.2, 0.25) is 0 Å². The molecule has 2 nitrogen and oxygen atoms in total. The van der Waals surface area contributed by atoms with Crippen LogP contribution < -0.4 is 5.23 Å². The van der Waals surface area contributed by atoms with Gasteiger partial charge in [-0.15, -0.1) is 11.5 Å². The predicted octanol–water partition coefficient (Wildman–Crippen LogP) is 12.0. The average molecular weight is 667 g/mol. The van der Waals surface area contributed by atoms with Gasteiger partial charge < -0.3 is 5.23 Å². The SMILES string of the molecule is CC(C)(C)c1cc(C(c2ccccc2)c2ccccc2)c(NB(Cl)N2C(C)(C)CCCC2(C)C)c(C(c2ccccc2)c2ccccc2)c1. The highest BCUT2D eigenvalue weighted by atomic mass is 35.5. The van der Waals surface area contributed by atoms with Crippen molar-refractivity contribution in [1.29, 1.82) is 0 Å². The fraction of sp³-hybridized carbons (Fsp3) is 0.333. The molecule has 0 aliphatic carbocycles. The summed E-state index contributed by atoms with van der Waals surface area (Å²) in [6.45, 7) is 16.4. The zero-order valence-electron chi connectivity index (χ0n) is 30.4. The van der Waals surface area contributed by atoms with Gasteiger partial charge in [-0.1, -0.05) is 154 Å². The van der Waals surface area contributed by atoms with Crippen molar-refractivity contribution >= 4 is 23.5 Å². The molecule has 4 heteroatoms. The summed E-state index contributed by atoms with van der Waals surface area (Å²) in [5.41, 5.74) is 9.72. The molecule has 0 saturated carbocycles. The highest BCUT2D eigenvalue weighted by Crippen LogP contribution is 2.47. The molecule has 1 N–H and O–H groups in total. The van der Waals surface area contributed by atoms with E-state index in [-0.39, 0.29) is 28.3 Å². The molecular weight excluding hydrogens is 615 g/mol. The highest BCUT2D eigenvalue weighted by Gasteiger charge is 2.47. The van der Waals surface area contributed by atoms with Crippen molar-refractivity contribution in [3.8, 4) is 0 Å². The molecule has 0 atom stereocenters. The fourth-order valence-corrected chi connectivity index (χ4v) is 8.88. The molecule has 0 radical (unpaired) electrons. The minimum Gasteiger partial charge on any atom is -0.400 e. The van der Waals surface area contributed by atoms with Crippen molar-refractivity contribution in [1.82, 2.24) is 4.81 Å². The van der Waals surface area contributed by atoms with Crippen molar-refractivity contribution in [2.75, 3.05) is 5.23 Å². The van der Waals surface area contributed by atoms with Gasteiger partial charge in [-0.25, -0.2) is 0 Å². The quantitative estimate of drug-likeness (QED) is 0.124. The molecule has 1 aliphatic rings. The first-order chi connectivity index (χ1) is 23.4. The minimum atomic E-state index is -0.428. The van der Waals surface area contributed by atoms with E-state index in [1.54, 1.807) is 0 Å². The number of hydrogen-bond acceptors (Lipinski definition) is 2. The number of piperidine rings is 1. The van der Waals surface area contributed by atoms with Crippen LogP contribution in [0.3, 0.4) is 0 Å². The molecule has 0 bridgehead atoms. The van der Waals surface area contributed by atoms with E-state index in [0.29, 0.717) is 0 Å². The van der Waals surface area contributed by atoms with Crippen LogP contribution in [-0.4, -0.2) is 22.3 Å². The van der Waals surface area contributed by atoms with Crippen molar-refractivity contribution in [2.45, 2.75) is 96.1 Å². The molecule has 1 saturated heterocycles. The Balaban J connectivity index is 1.69. The summed E-state index contributed by atoms with van der Waals surface area (Å²) >= 11 is 7.75. The van der Waals surface area contributed by atoms with E-state index in [9.17, 15) is 0 Å². The Morgan fingerprint density at radius 3 is 1.22 bits per heavy atom. The lowest BCUT2D eigenvalue weighted by molar-refractivity contribution is 0.0522. The Hall–Kier alpha value is -3.79. The van der Waals surface area contributed by atoms with Crippen LogP contribution in [0.1, 0.15) is 119 Å². The highest BCUT2D eigenvalue weighted by molar-refractivity contribution is 7.07. The van der Waals surface area contributed by atoms with Gasteiger partial charge in [-0.3, -0.25) is 4.81 Å². The third-order valence-corrected chi connectivity index (χ3v) is 10.9. The Morgan fingerprint density at radius 1 is 0.592 bits per heavy atom. The number of anilines is 1. The van der Waals surface area contributed by atoms with E-state index in [0.717, 1.165) is 18.5 Å². The maximum Gasteiger partial charge on any atom is 0.450 e. The Morgan fingerprint density at radius 2 is 0.918 bits per heavy atom. The third kappa shape index (κ3) is 7.54. The lowest BCUT2D eigenvalue weighted by atomic mass is 9.72. The van der Waals surface area contributed by atoms with E-state index >= 15 is 0 Å². The van der Waals surface area contributed by atoms with Crippen molar-refractivity contribution in [2.24, 2.45) is 0 Å². The summed E-state index contributed by atoms with van der Waals surface area (Å²) in [5.74, 6) is -0.0196. The molecule has 1 heterocycles. The van der Waals surface area contributed by atoms with Gasteiger partial charge in [0.05, 0.1) is 0 Å². The summed E-state index contributed by atoms with van der Waals surface area (Å²) in [6, 6.07) is 48.8. The molecular formula is C45H52BClN2. The molecule has 0 spiro atoms. The summed E-state index contributed by atoms with van der Waals surface area (Å²) in [7, 11) is 0. The van der Waals surface area contributed by atoms with Crippen LogP contribution in [0.4, 0.5) is 5.69 Å². The average Bonchev–Trinajstić information content (AvgIpc) is 3.07. The van der Waals surface area contributed by atoms with E-state index in [2.05, 4.69) is 192 Å². The van der Waals surface area contributed by atoms with E-state index < -0.39 is 6.40 Å². The van der Waals surface area contributed by atoms with E-state index in [4.69, 9.17) is 11.5 Å². The summed E-state index contributed by atoms with van der Waals surface area (Å²) in [6.07, 6.45) is 2.99. The number of halogens is 1. The molecule has 0 unspecified atom stereocenters. The van der Waals surface area contributed by atoms with Crippen molar-refractivity contribution in [3.63, 3.8) is 0 Å². The maximum atomic E-state index is 7.75. The van der Waals surface area contributed by atoms with Gasteiger partial charge in [0.2, 0.25) is 0 Å². The second-order valence-corrected chi connectivity index (χ2v) is 16.5. The molecule has 0 aromatic heterocycles. The van der Waals surface area contributed by atoms with Crippen LogP contribution in [0.15, 0.2) is 133 Å². The van der Waals surface area contributed by atoms with Crippen LogP contribution in [0.25, 0.3) is 0 Å². The maximum absolute atomic E-state index is 7.75. The lowest BCUT2D eigenvalue weighted by Gasteiger charge is -2.54. The van der Waals surface area contributed by atoms with Crippen molar-refractivity contribution < 1.29 is 0 Å². The van der Waals surface area contributed by atoms with E-state index in [1.165, 1.54) is 45.4 Å². The van der Waals surface area contributed by atoms with Gasteiger partial charge in [0.15, 0.2) is 0 Å². The molecule has 5 aromatic rings. The van der Waals surface area contributed by atoms with Gasteiger partial charge >= 0.3 is 6.40 Å². The number of rotatable bonds is 9. The Kier molecular flexibility index (Phi) is 10.2. The summed E-state index contributed by atoms with van der Waals surface area (Å²) in [5, 5.41) is 4.07. The molecule has 5 aromatic carbocycles. The summed E-state index contributed by atoms with van der Waals surface area (Å²) < 4.78 is 0. The smallest absolute Gasteiger partial charge is 0.400 e. The van der Waals surface area contributed by atoms with Crippen LogP contribution in [0.5, 0.6) is 0 Å². The number of nitrogens with one attached hydrogen (secondary N) is 1. The lowest BCUT2D eigenvalue weighted by Crippen LogP contribution is -2.65. The first-order valence-electron chi connectivity index (χ1n) is 17.9. The minimum absolute atomic E-state index is 0.00982. The predicted molar refractivity (Wildman–Crippen MR) is 212 cm³/mol. The molecule has 1 fully saturated rings. The molecule has 1 aliphatic heterocycles. The number of hydrogen-bond donors (Lipinski definition) is 1. The first-order valence-corrected chi connectivity index (χ1v) is 18.4. The molecule has 252 valence electrons. The first kappa shape index (κ1) is 35.1. The largest absolute Gasteiger partial charge is 0.450 e. The van der Waals surface area contributed by atoms with Gasteiger partial charge in [-0.05, 0) is 91.3 Å². The standard InChI is InChI=1S/C45H52BClN2/c1-43(2,3)37-31-38(40(33-21-12-8-13-22-33)34-23-14-9-15-24-34)42(48-46(47)49-44(4,5)29-20-30-45(49,6)7)39(32-37)41(35-25-16-10-17-26-35)36-27-18-11-19-28-36/h8-19,21-28,31-32,40-41,48H,20,29-30H2,1-7H3. The Bertz CT molecular complexity index is 1620. The van der Waals surface area contributed by atoms with E-state index in [1.807, 2.05) is 0 Å². The van der Waals surface area contributed by atoms with Crippen LogP contribution >= 0.6 is 11.5 Å². The normalized spacial score (nSPS) is 16.1. The second kappa shape index (κ2) is 14.2. The zero-order valence-corrected chi connectivity index (χ0v) is 31.1. The van der Waals surface area contributed by atoms with Gasteiger partial charge in [0.25, 0.3) is 0 Å². The third-order valence-electron chi connectivity index (χ3n) is 10.6. The summed E-state index contributed by atoms with van der Waals surface area (Å²) in [4.78, 5) is 2.52. The molecule has 6 rings (SSSR count). The number of nitrogens with zero attached hydrogens (tertiary/aromatic N) is 1. The zero-order chi connectivity index (χ0) is 34.8. The van der Waals surface area contributed by atoms with Gasteiger partial charge in [-0.2, -0.15) is 0 Å². The fourth-order valence-electron chi connectivity index (χ4n) is 8.24.